The molecule has 11 heteroatoms. The van der Waals surface area contributed by atoms with E-state index in [1.54, 1.807) is 40.5 Å². The zero-order chi connectivity index (χ0) is 21.8. The number of rotatable bonds is 3. The van der Waals surface area contributed by atoms with Crippen LogP contribution in [-0.4, -0.2) is 52.3 Å². The van der Waals surface area contributed by atoms with Crippen molar-refractivity contribution in [2.75, 3.05) is 6.54 Å². The summed E-state index contributed by atoms with van der Waals surface area (Å²) in [6.45, 7) is 2.39. The lowest BCUT2D eigenvalue weighted by atomic mass is 10.0. The third-order valence-corrected chi connectivity index (χ3v) is 6.75. The van der Waals surface area contributed by atoms with Crippen LogP contribution >= 0.6 is 11.3 Å². The van der Waals surface area contributed by atoms with Crippen molar-refractivity contribution < 1.29 is 9.21 Å². The lowest BCUT2D eigenvalue weighted by Crippen LogP contribution is -2.41. The van der Waals surface area contributed by atoms with Gasteiger partial charge in [-0.3, -0.25) is 9.48 Å². The molecule has 0 unspecified atom stereocenters. The van der Waals surface area contributed by atoms with Gasteiger partial charge in [-0.05, 0) is 24.6 Å². The first-order chi connectivity index (χ1) is 15.6. The van der Waals surface area contributed by atoms with Gasteiger partial charge >= 0.3 is 11.8 Å². The van der Waals surface area contributed by atoms with E-state index in [1.165, 1.54) is 0 Å². The number of hydrogen-bond donors (Lipinski definition) is 1. The van der Waals surface area contributed by atoms with Crippen LogP contribution in [0.4, 0.5) is 0 Å². The van der Waals surface area contributed by atoms with Crippen LogP contribution in [0.1, 0.15) is 38.7 Å². The maximum absolute atomic E-state index is 13.5. The lowest BCUT2D eigenvalue weighted by Gasteiger charge is -2.32. The monoisotopic (exact) mass is 446 g/mol. The zero-order valence-electron chi connectivity index (χ0n) is 17.3. The molecule has 6 rings (SSSR count). The van der Waals surface area contributed by atoms with Gasteiger partial charge in [0.25, 0.3) is 5.89 Å². The van der Waals surface area contributed by atoms with Crippen LogP contribution in [-0.2, 0) is 13.5 Å². The first kappa shape index (κ1) is 18.9. The average Bonchev–Trinajstić information content (AvgIpc) is 3.58. The average molecular weight is 446 g/mol. The number of aromatic amines is 1. The molecular weight excluding hydrogens is 428 g/mol. The summed E-state index contributed by atoms with van der Waals surface area (Å²) in [6.07, 6.45) is 4.03. The molecule has 0 spiro atoms. The van der Waals surface area contributed by atoms with Gasteiger partial charge in [-0.2, -0.15) is 5.10 Å². The first-order valence-electron chi connectivity index (χ1n) is 10.1. The fourth-order valence-corrected chi connectivity index (χ4v) is 5.22. The molecule has 0 saturated heterocycles. The molecule has 1 aromatic carbocycles. The molecule has 1 amide bonds. The minimum Gasteiger partial charge on any atom is -0.411 e. The smallest absolute Gasteiger partial charge is 0.312 e. The topological polar surface area (TPSA) is 119 Å². The maximum atomic E-state index is 13.5. The van der Waals surface area contributed by atoms with E-state index >= 15 is 0 Å². The van der Waals surface area contributed by atoms with Crippen LogP contribution < -0.4 is 0 Å². The van der Waals surface area contributed by atoms with Crippen molar-refractivity contribution in [3.8, 4) is 11.6 Å². The highest BCUT2D eigenvalue weighted by Crippen LogP contribution is 2.38. The molecule has 0 radical (unpaired) electrons. The number of carbonyl (C=O) groups is 1. The second-order valence-electron chi connectivity index (χ2n) is 7.65. The van der Waals surface area contributed by atoms with Gasteiger partial charge in [-0.1, -0.05) is 12.1 Å². The molecule has 1 aliphatic heterocycles. The Bertz CT molecular complexity index is 1410. The van der Waals surface area contributed by atoms with Crippen molar-refractivity contribution in [3.63, 3.8) is 0 Å². The Morgan fingerprint density at radius 3 is 2.97 bits per heavy atom. The number of imidazole rings is 1. The van der Waals surface area contributed by atoms with Crippen molar-refractivity contribution in [2.45, 2.75) is 19.4 Å². The van der Waals surface area contributed by atoms with Crippen LogP contribution in [0.3, 0.4) is 0 Å². The number of carbonyl (C=O) groups excluding carboxylic acids is 1. The summed E-state index contributed by atoms with van der Waals surface area (Å²) >= 11 is 1.56. The van der Waals surface area contributed by atoms with Crippen molar-refractivity contribution in [3.05, 3.63) is 64.6 Å². The second-order valence-corrected chi connectivity index (χ2v) is 8.71. The number of hydrogen-bond acceptors (Lipinski definition) is 8. The molecule has 10 nitrogen and oxygen atoms in total. The number of benzene rings is 1. The molecular formula is C21H18N8O2S. The van der Waals surface area contributed by atoms with E-state index in [2.05, 4.69) is 25.3 Å². The summed E-state index contributed by atoms with van der Waals surface area (Å²) in [4.78, 5) is 27.8. The standard InChI is InChI=1S/C21H18N8O2S/c1-11-9-24-28(2)16(11)18-26-27-19(31-18)21(30)29-8-7-13-15(23-10-22-13)17(29)20-25-12-5-3-4-6-14(12)32-20/h3-6,9-10,17H,7-8H2,1-2H3,(H,22,23)/t17-/m0/s1. The van der Waals surface area contributed by atoms with Gasteiger partial charge < -0.3 is 14.3 Å². The Morgan fingerprint density at radius 2 is 2.16 bits per heavy atom. The molecule has 1 aliphatic rings. The number of amides is 1. The van der Waals surface area contributed by atoms with E-state index in [1.807, 2.05) is 31.2 Å². The normalized spacial score (nSPS) is 15.9. The van der Waals surface area contributed by atoms with E-state index in [-0.39, 0.29) is 17.7 Å². The fraction of sp³-hybridized carbons (Fsp3) is 0.238. The van der Waals surface area contributed by atoms with Gasteiger partial charge in [0.15, 0.2) is 0 Å². The molecule has 4 aromatic heterocycles. The Labute approximate surface area is 185 Å². The Kier molecular flexibility index (Phi) is 4.18. The van der Waals surface area contributed by atoms with Crippen LogP contribution in [0.5, 0.6) is 0 Å². The lowest BCUT2D eigenvalue weighted by molar-refractivity contribution is 0.0650. The first-order valence-corrected chi connectivity index (χ1v) is 10.9. The minimum atomic E-state index is -0.427. The number of nitrogens with zero attached hydrogens (tertiary/aromatic N) is 7. The Balaban J connectivity index is 1.41. The third-order valence-electron chi connectivity index (χ3n) is 5.66. The largest absolute Gasteiger partial charge is 0.411 e. The van der Waals surface area contributed by atoms with Crippen molar-refractivity contribution in [2.24, 2.45) is 7.05 Å². The van der Waals surface area contributed by atoms with Crippen molar-refractivity contribution >= 4 is 27.5 Å². The third kappa shape index (κ3) is 2.85. The van der Waals surface area contributed by atoms with E-state index in [4.69, 9.17) is 9.40 Å². The number of para-hydroxylation sites is 1. The highest BCUT2D eigenvalue weighted by atomic mass is 32.1. The Morgan fingerprint density at radius 1 is 1.28 bits per heavy atom. The molecule has 1 N–H and O–H groups in total. The number of aromatic nitrogens is 7. The Hall–Kier alpha value is -3.86. The summed E-state index contributed by atoms with van der Waals surface area (Å²) < 4.78 is 8.51. The highest BCUT2D eigenvalue weighted by Gasteiger charge is 2.38. The van der Waals surface area contributed by atoms with Gasteiger partial charge in [0.05, 0.1) is 28.4 Å². The molecule has 160 valence electrons. The number of aryl methyl sites for hydroxylation is 2. The summed E-state index contributed by atoms with van der Waals surface area (Å²) in [6, 6.07) is 7.50. The number of thiazole rings is 1. The van der Waals surface area contributed by atoms with E-state index in [0.29, 0.717) is 18.7 Å². The van der Waals surface area contributed by atoms with Gasteiger partial charge in [0.1, 0.15) is 16.7 Å². The van der Waals surface area contributed by atoms with Crippen LogP contribution in [0.25, 0.3) is 21.8 Å². The predicted octanol–water partition coefficient (Wildman–Crippen LogP) is 2.90. The van der Waals surface area contributed by atoms with Gasteiger partial charge in [-0.15, -0.1) is 21.5 Å². The van der Waals surface area contributed by atoms with Crippen molar-refractivity contribution in [1.29, 1.82) is 0 Å². The highest BCUT2D eigenvalue weighted by molar-refractivity contribution is 7.18. The number of fused-ring (bicyclic) bond motifs is 2. The summed E-state index contributed by atoms with van der Waals surface area (Å²) in [5, 5.41) is 13.2. The molecule has 32 heavy (non-hydrogen) atoms. The summed E-state index contributed by atoms with van der Waals surface area (Å²) in [5.41, 5.74) is 4.28. The maximum Gasteiger partial charge on any atom is 0.312 e. The minimum absolute atomic E-state index is 0.0642. The molecule has 1 atom stereocenters. The van der Waals surface area contributed by atoms with Crippen LogP contribution in [0.2, 0.25) is 0 Å². The fourth-order valence-electron chi connectivity index (χ4n) is 4.14. The second kappa shape index (κ2) is 7.09. The molecule has 5 aromatic rings. The number of nitrogens with one attached hydrogen (secondary N) is 1. The number of H-pyrrole nitrogens is 1. The summed E-state index contributed by atoms with van der Waals surface area (Å²) in [7, 11) is 1.79. The quantitative estimate of drug-likeness (QED) is 0.453. The molecule has 0 bridgehead atoms. The van der Waals surface area contributed by atoms with Gasteiger partial charge in [0, 0.05) is 25.7 Å². The molecule has 0 fully saturated rings. The van der Waals surface area contributed by atoms with Gasteiger partial charge in [0.2, 0.25) is 0 Å². The molecule has 0 aliphatic carbocycles. The van der Waals surface area contributed by atoms with Crippen LogP contribution in [0, 0.1) is 6.92 Å². The molecule has 0 saturated carbocycles. The van der Waals surface area contributed by atoms with Gasteiger partial charge in [-0.25, -0.2) is 9.97 Å². The van der Waals surface area contributed by atoms with Crippen molar-refractivity contribution in [1.82, 2.24) is 39.8 Å². The molecule has 5 heterocycles. The predicted molar refractivity (Wildman–Crippen MR) is 116 cm³/mol. The van der Waals surface area contributed by atoms with E-state index in [0.717, 1.165) is 32.2 Å². The van der Waals surface area contributed by atoms with E-state index < -0.39 is 6.04 Å². The van der Waals surface area contributed by atoms with Crippen LogP contribution in [0.15, 0.2) is 41.2 Å². The van der Waals surface area contributed by atoms with E-state index in [9.17, 15) is 4.79 Å². The summed E-state index contributed by atoms with van der Waals surface area (Å²) in [5.74, 6) is -0.146. The SMILES string of the molecule is Cc1cnn(C)c1-c1nnc(C(=O)N2CCc3[nH]cnc3[C@H]2c2nc3ccccc3s2)o1. The zero-order valence-corrected chi connectivity index (χ0v) is 18.1.